The molecule has 0 bridgehead atoms. The molecule has 0 aliphatic rings. The lowest BCUT2D eigenvalue weighted by molar-refractivity contribution is 0.100. The first-order valence-corrected chi connectivity index (χ1v) is 12.6. The Kier molecular flexibility index (Phi) is 7.16. The van der Waals surface area contributed by atoms with Crippen molar-refractivity contribution in [3.8, 4) is 5.75 Å². The number of methoxy groups -OCH3 is 1. The van der Waals surface area contributed by atoms with Gasteiger partial charge in [0.05, 0.1) is 13.7 Å². The second kappa shape index (κ2) is 10.0. The number of hydrogen-bond acceptors (Lipinski definition) is 6. The lowest BCUT2D eigenvalue weighted by Gasteiger charge is -2.28. The van der Waals surface area contributed by atoms with Crippen molar-refractivity contribution in [2.24, 2.45) is 0 Å². The van der Waals surface area contributed by atoms with E-state index in [1.54, 1.807) is 7.11 Å². The molecule has 1 N–H and O–H groups in total. The molecule has 0 saturated heterocycles. The zero-order valence-electron chi connectivity index (χ0n) is 18.7. The van der Waals surface area contributed by atoms with Gasteiger partial charge in [0, 0.05) is 27.9 Å². The fourth-order valence-corrected chi connectivity index (χ4v) is 5.62. The van der Waals surface area contributed by atoms with Crippen LogP contribution in [-0.2, 0) is 18.7 Å². The first kappa shape index (κ1) is 22.8. The lowest BCUT2D eigenvalue weighted by Crippen LogP contribution is -2.31. The number of thiophene rings is 2. The molecule has 4 rings (SSSR count). The Morgan fingerprint density at radius 1 is 0.969 bits per heavy atom. The van der Waals surface area contributed by atoms with Crippen LogP contribution in [0.3, 0.4) is 0 Å². The van der Waals surface area contributed by atoms with Gasteiger partial charge in [-0.15, -0.1) is 22.7 Å². The van der Waals surface area contributed by atoms with Gasteiger partial charge >= 0.3 is 0 Å². The fraction of sp³-hybridized carbons (Fsp3) is 0.308. The molecule has 168 valence electrons. The summed E-state index contributed by atoms with van der Waals surface area (Å²) in [4.78, 5) is 4.10. The minimum absolute atomic E-state index is 0.363. The van der Waals surface area contributed by atoms with Crippen molar-refractivity contribution in [1.29, 1.82) is 0 Å². The molecule has 1 unspecified atom stereocenters. The number of nitrogens with zero attached hydrogens (tertiary/aromatic N) is 1. The highest BCUT2D eigenvalue weighted by molar-refractivity contribution is 7.11. The zero-order chi connectivity index (χ0) is 22.6. The Morgan fingerprint density at radius 2 is 1.66 bits per heavy atom. The molecular weight excluding hydrogens is 438 g/mol. The largest absolute Gasteiger partial charge is 0.496 e. The summed E-state index contributed by atoms with van der Waals surface area (Å²) in [5.41, 5.74) is -0.125. The molecular formula is C26H29NO3S2. The molecule has 4 nitrogen and oxygen atoms in total. The van der Waals surface area contributed by atoms with E-state index >= 15 is 0 Å². The Balaban J connectivity index is 1.62. The molecule has 0 amide bonds. The Morgan fingerprint density at radius 3 is 2.25 bits per heavy atom. The average Bonchev–Trinajstić information content (AvgIpc) is 3.60. The highest BCUT2D eigenvalue weighted by atomic mass is 32.1. The highest BCUT2D eigenvalue weighted by Crippen LogP contribution is 2.42. The molecule has 0 aliphatic carbocycles. The van der Waals surface area contributed by atoms with E-state index in [1.165, 1.54) is 22.7 Å². The highest BCUT2D eigenvalue weighted by Gasteiger charge is 2.39. The molecule has 0 aliphatic heterocycles. The van der Waals surface area contributed by atoms with Gasteiger partial charge in [0.25, 0.3) is 0 Å². The lowest BCUT2D eigenvalue weighted by atomic mass is 9.97. The van der Waals surface area contributed by atoms with Crippen molar-refractivity contribution >= 4 is 22.7 Å². The SMILES string of the molecule is CCC(C)N(Cc1ccc(C(O)(c2cccs2)c2cccs2)o1)Cc1ccccc1OC. The second-order valence-electron chi connectivity index (χ2n) is 7.91. The molecule has 3 aromatic heterocycles. The van der Waals surface area contributed by atoms with Crippen LogP contribution in [0.1, 0.15) is 47.1 Å². The molecule has 6 heteroatoms. The van der Waals surface area contributed by atoms with Gasteiger partial charge in [0.2, 0.25) is 0 Å². The van der Waals surface area contributed by atoms with E-state index in [4.69, 9.17) is 9.15 Å². The van der Waals surface area contributed by atoms with E-state index in [2.05, 4.69) is 24.8 Å². The monoisotopic (exact) mass is 467 g/mol. The number of para-hydroxylation sites is 1. The standard InChI is InChI=1S/C26H29NO3S2/c1-4-19(2)27(17-20-9-5-6-10-22(20)29-3)18-21-13-14-23(30-21)26(28,24-11-7-15-31-24)25-12-8-16-32-25/h5-16,19,28H,4,17-18H2,1-3H3. The first-order chi connectivity index (χ1) is 15.6. The van der Waals surface area contributed by atoms with Gasteiger partial charge in [-0.2, -0.15) is 0 Å². The van der Waals surface area contributed by atoms with E-state index in [-0.39, 0.29) is 0 Å². The molecule has 32 heavy (non-hydrogen) atoms. The van der Waals surface area contributed by atoms with E-state index in [0.29, 0.717) is 18.3 Å². The quantitative estimate of drug-likeness (QED) is 0.289. The van der Waals surface area contributed by atoms with Crippen molar-refractivity contribution in [3.63, 3.8) is 0 Å². The molecule has 0 saturated carbocycles. The van der Waals surface area contributed by atoms with Crippen LogP contribution in [0, 0.1) is 0 Å². The summed E-state index contributed by atoms with van der Waals surface area (Å²) in [5, 5.41) is 15.8. The number of furan rings is 1. The molecule has 0 fully saturated rings. The molecule has 0 radical (unpaired) electrons. The van der Waals surface area contributed by atoms with Crippen molar-refractivity contribution in [2.45, 2.75) is 45.0 Å². The number of hydrogen-bond donors (Lipinski definition) is 1. The van der Waals surface area contributed by atoms with Crippen LogP contribution in [0.25, 0.3) is 0 Å². The molecule has 1 aromatic carbocycles. The Hall–Kier alpha value is -2.38. The van der Waals surface area contributed by atoms with Crippen molar-refractivity contribution < 1.29 is 14.3 Å². The summed E-state index contributed by atoms with van der Waals surface area (Å²) >= 11 is 3.07. The third-order valence-corrected chi connectivity index (χ3v) is 7.87. The Labute approximate surface area is 197 Å². The number of aliphatic hydroxyl groups is 1. The van der Waals surface area contributed by atoms with E-state index in [0.717, 1.165) is 39.8 Å². The molecule has 3 heterocycles. The van der Waals surface area contributed by atoms with Gasteiger partial charge in [-0.25, -0.2) is 0 Å². The molecule has 0 spiro atoms. The van der Waals surface area contributed by atoms with Crippen LogP contribution in [-0.4, -0.2) is 23.2 Å². The maximum Gasteiger partial charge on any atom is 0.191 e. The average molecular weight is 468 g/mol. The van der Waals surface area contributed by atoms with E-state index < -0.39 is 5.60 Å². The van der Waals surface area contributed by atoms with Gasteiger partial charge in [-0.05, 0) is 54.4 Å². The van der Waals surface area contributed by atoms with Gasteiger partial charge in [0.15, 0.2) is 5.60 Å². The van der Waals surface area contributed by atoms with Gasteiger partial charge in [-0.3, -0.25) is 4.90 Å². The smallest absolute Gasteiger partial charge is 0.191 e. The summed E-state index contributed by atoms with van der Waals surface area (Å²) in [7, 11) is 1.71. The number of ether oxygens (including phenoxy) is 1. The summed E-state index contributed by atoms with van der Waals surface area (Å²) in [5.74, 6) is 2.28. The van der Waals surface area contributed by atoms with Crippen LogP contribution in [0.5, 0.6) is 5.75 Å². The predicted molar refractivity (Wildman–Crippen MR) is 131 cm³/mol. The third kappa shape index (κ3) is 4.55. The van der Waals surface area contributed by atoms with E-state index in [9.17, 15) is 5.11 Å². The van der Waals surface area contributed by atoms with Gasteiger partial charge in [-0.1, -0.05) is 37.3 Å². The van der Waals surface area contributed by atoms with Crippen LogP contribution in [0.15, 0.2) is 75.8 Å². The van der Waals surface area contributed by atoms with Crippen molar-refractivity contribution in [2.75, 3.05) is 7.11 Å². The maximum absolute atomic E-state index is 11.8. The van der Waals surface area contributed by atoms with Gasteiger partial charge < -0.3 is 14.3 Å². The number of rotatable bonds is 10. The third-order valence-electron chi connectivity index (χ3n) is 5.91. The summed E-state index contributed by atoms with van der Waals surface area (Å²) in [6, 6.07) is 20.2. The first-order valence-electron chi connectivity index (χ1n) is 10.8. The van der Waals surface area contributed by atoms with Crippen LogP contribution in [0.2, 0.25) is 0 Å². The number of benzene rings is 1. The van der Waals surface area contributed by atoms with Crippen LogP contribution in [0.4, 0.5) is 0 Å². The van der Waals surface area contributed by atoms with E-state index in [1.807, 2.05) is 65.4 Å². The summed E-state index contributed by atoms with van der Waals surface area (Å²) in [6.07, 6.45) is 1.02. The minimum Gasteiger partial charge on any atom is -0.496 e. The normalized spacial score (nSPS) is 12.9. The summed E-state index contributed by atoms with van der Waals surface area (Å²) in [6.45, 7) is 5.83. The summed E-state index contributed by atoms with van der Waals surface area (Å²) < 4.78 is 11.9. The zero-order valence-corrected chi connectivity index (χ0v) is 20.3. The fourth-order valence-electron chi connectivity index (χ4n) is 3.87. The maximum atomic E-state index is 11.8. The molecule has 4 aromatic rings. The Bertz CT molecular complexity index is 1070. The van der Waals surface area contributed by atoms with Crippen molar-refractivity contribution in [1.82, 2.24) is 4.90 Å². The minimum atomic E-state index is -1.27. The van der Waals surface area contributed by atoms with Gasteiger partial charge in [0.1, 0.15) is 17.3 Å². The van der Waals surface area contributed by atoms with Crippen LogP contribution < -0.4 is 4.74 Å². The topological polar surface area (TPSA) is 45.8 Å². The molecule has 1 atom stereocenters. The van der Waals surface area contributed by atoms with Crippen LogP contribution >= 0.6 is 22.7 Å². The van der Waals surface area contributed by atoms with Crippen molar-refractivity contribution in [3.05, 3.63) is 98.3 Å². The second-order valence-corrected chi connectivity index (χ2v) is 9.80. The predicted octanol–water partition coefficient (Wildman–Crippen LogP) is 6.50.